The fourth-order valence-electron chi connectivity index (χ4n) is 4.12. The van der Waals surface area contributed by atoms with E-state index in [-0.39, 0.29) is 24.1 Å². The van der Waals surface area contributed by atoms with Gasteiger partial charge in [0.15, 0.2) is 0 Å². The maximum absolute atomic E-state index is 12.7. The Bertz CT molecular complexity index is 1230. The summed E-state index contributed by atoms with van der Waals surface area (Å²) in [5.74, 6) is 0.552. The van der Waals surface area contributed by atoms with Gasteiger partial charge < -0.3 is 19.4 Å². The largest absolute Gasteiger partial charge is 0.361 e. The van der Waals surface area contributed by atoms with E-state index >= 15 is 0 Å². The van der Waals surface area contributed by atoms with Crippen LogP contribution in [0.3, 0.4) is 0 Å². The number of carbonyl (C=O) groups excluding carboxylic acids is 1. The van der Waals surface area contributed by atoms with Crippen LogP contribution in [0.25, 0.3) is 22.1 Å². The normalized spacial score (nSPS) is 17.6. The minimum Gasteiger partial charge on any atom is -0.361 e. The van der Waals surface area contributed by atoms with Crippen LogP contribution in [0.4, 0.5) is 0 Å². The van der Waals surface area contributed by atoms with Gasteiger partial charge in [-0.1, -0.05) is 5.16 Å². The quantitative estimate of drug-likeness (QED) is 0.564. The Hall–Kier alpha value is -3.36. The number of fused-ring (bicyclic) bond motifs is 3. The third-order valence-corrected chi connectivity index (χ3v) is 5.38. The van der Waals surface area contributed by atoms with E-state index in [0.717, 1.165) is 35.1 Å². The molecule has 4 aromatic heterocycles. The van der Waals surface area contributed by atoms with Gasteiger partial charge in [0.25, 0.3) is 0 Å². The lowest BCUT2D eigenvalue weighted by atomic mass is 10.0. The molecule has 1 fully saturated rings. The van der Waals surface area contributed by atoms with E-state index in [1.807, 2.05) is 24.1 Å². The molecule has 0 spiro atoms. The molecule has 5 rings (SSSR count). The smallest absolute Gasteiger partial charge is 0.326 e. The first-order valence-corrected chi connectivity index (χ1v) is 9.36. The zero-order valence-corrected chi connectivity index (χ0v) is 15.4. The van der Waals surface area contributed by atoms with Crippen molar-refractivity contribution >= 4 is 28.0 Å². The molecule has 4 aromatic rings. The Balaban J connectivity index is 1.46. The molecule has 1 saturated heterocycles. The highest BCUT2D eigenvalue weighted by Gasteiger charge is 2.28. The van der Waals surface area contributed by atoms with Crippen LogP contribution in [0.1, 0.15) is 30.3 Å². The summed E-state index contributed by atoms with van der Waals surface area (Å²) in [6.45, 7) is 3.00. The third-order valence-electron chi connectivity index (χ3n) is 5.38. The van der Waals surface area contributed by atoms with E-state index in [2.05, 4.69) is 20.1 Å². The van der Waals surface area contributed by atoms with Gasteiger partial charge in [-0.3, -0.25) is 9.36 Å². The maximum Gasteiger partial charge on any atom is 0.326 e. The number of pyridine rings is 1. The van der Waals surface area contributed by atoms with Gasteiger partial charge in [-0.05, 0) is 25.8 Å². The van der Waals surface area contributed by atoms with E-state index in [0.29, 0.717) is 24.4 Å². The first-order valence-electron chi connectivity index (χ1n) is 9.36. The summed E-state index contributed by atoms with van der Waals surface area (Å²) in [5.41, 5.74) is 2.87. The van der Waals surface area contributed by atoms with Crippen LogP contribution in [0.15, 0.2) is 33.8 Å². The van der Waals surface area contributed by atoms with Crippen molar-refractivity contribution in [3.63, 3.8) is 0 Å². The topological polar surface area (TPSA) is 113 Å². The number of imidazole rings is 1. The van der Waals surface area contributed by atoms with E-state index in [9.17, 15) is 9.59 Å². The fourth-order valence-corrected chi connectivity index (χ4v) is 4.12. The van der Waals surface area contributed by atoms with Crippen LogP contribution >= 0.6 is 0 Å². The molecule has 1 unspecified atom stereocenters. The van der Waals surface area contributed by atoms with Crippen molar-refractivity contribution in [3.05, 3.63) is 46.5 Å². The molecule has 9 nitrogen and oxygen atoms in total. The van der Waals surface area contributed by atoms with Crippen LogP contribution in [-0.4, -0.2) is 48.6 Å². The van der Waals surface area contributed by atoms with Crippen molar-refractivity contribution in [2.45, 2.75) is 32.2 Å². The monoisotopic (exact) mass is 380 g/mol. The highest BCUT2D eigenvalue weighted by atomic mass is 16.5. The minimum atomic E-state index is -0.171. The summed E-state index contributed by atoms with van der Waals surface area (Å²) in [4.78, 5) is 37.6. The summed E-state index contributed by atoms with van der Waals surface area (Å²) in [7, 11) is 0. The predicted octanol–water partition coefficient (Wildman–Crippen LogP) is 1.91. The standard InChI is InChI=1S/C19H20N6O3/c1-11-7-13(28-23-11)8-16(26)24-6-2-3-12(10-24)25-17-14-4-5-20-18(14)21-9-15(17)22-19(25)27/h4-5,7,9,12H,2-3,6,8,10H2,1H3,(H,20,21)(H,22,27). The summed E-state index contributed by atoms with van der Waals surface area (Å²) < 4.78 is 6.96. The Labute approximate surface area is 159 Å². The van der Waals surface area contributed by atoms with E-state index in [4.69, 9.17) is 4.52 Å². The number of piperidine rings is 1. The molecule has 2 N–H and O–H groups in total. The second-order valence-corrected chi connectivity index (χ2v) is 7.31. The van der Waals surface area contributed by atoms with Gasteiger partial charge in [0, 0.05) is 30.7 Å². The summed E-state index contributed by atoms with van der Waals surface area (Å²) in [6.07, 6.45) is 5.35. The third kappa shape index (κ3) is 2.70. The van der Waals surface area contributed by atoms with Gasteiger partial charge in [-0.2, -0.15) is 0 Å². The number of aromatic amines is 2. The minimum absolute atomic E-state index is 0.0119. The average Bonchev–Trinajstić information content (AvgIpc) is 3.39. The van der Waals surface area contributed by atoms with E-state index < -0.39 is 0 Å². The van der Waals surface area contributed by atoms with Gasteiger partial charge in [-0.15, -0.1) is 0 Å². The molecule has 144 valence electrons. The number of H-pyrrole nitrogens is 2. The van der Waals surface area contributed by atoms with Crippen molar-refractivity contribution in [2.24, 2.45) is 0 Å². The van der Waals surface area contributed by atoms with Gasteiger partial charge in [0.2, 0.25) is 5.91 Å². The zero-order valence-electron chi connectivity index (χ0n) is 15.4. The maximum atomic E-state index is 12.7. The molecule has 1 amide bonds. The second kappa shape index (κ2) is 6.36. The number of hydrogen-bond donors (Lipinski definition) is 2. The summed E-state index contributed by atoms with van der Waals surface area (Å²) in [5, 5.41) is 4.74. The predicted molar refractivity (Wildman–Crippen MR) is 102 cm³/mol. The number of nitrogens with zero attached hydrogens (tertiary/aromatic N) is 4. The summed E-state index contributed by atoms with van der Waals surface area (Å²) >= 11 is 0. The lowest BCUT2D eigenvalue weighted by Crippen LogP contribution is -2.43. The number of likely N-dealkylation sites (tertiary alicyclic amines) is 1. The van der Waals surface area contributed by atoms with E-state index in [1.165, 1.54) is 0 Å². The average molecular weight is 380 g/mol. The van der Waals surface area contributed by atoms with E-state index in [1.54, 1.807) is 16.8 Å². The summed E-state index contributed by atoms with van der Waals surface area (Å²) in [6, 6.07) is 3.61. The SMILES string of the molecule is Cc1cc(CC(=O)N2CCCC(n3c(=O)[nH]c4cnc5[nH]ccc5c43)C2)on1. The zero-order chi connectivity index (χ0) is 19.3. The fraction of sp³-hybridized carbons (Fsp3) is 0.368. The second-order valence-electron chi connectivity index (χ2n) is 7.31. The highest BCUT2D eigenvalue weighted by Crippen LogP contribution is 2.28. The molecule has 0 aliphatic carbocycles. The molecule has 28 heavy (non-hydrogen) atoms. The van der Waals surface area contributed by atoms with Crippen molar-refractivity contribution in [2.75, 3.05) is 13.1 Å². The molecule has 1 atom stereocenters. The van der Waals surface area contributed by atoms with Crippen LogP contribution in [0.5, 0.6) is 0 Å². The number of amides is 1. The molecule has 5 heterocycles. The molecular weight excluding hydrogens is 360 g/mol. The Kier molecular flexibility index (Phi) is 3.81. The van der Waals surface area contributed by atoms with Gasteiger partial charge in [0.1, 0.15) is 11.4 Å². The number of aromatic nitrogens is 5. The lowest BCUT2D eigenvalue weighted by molar-refractivity contribution is -0.132. The number of carbonyl (C=O) groups is 1. The number of aryl methyl sites for hydroxylation is 1. The molecule has 0 aromatic carbocycles. The molecule has 9 heteroatoms. The Morgan fingerprint density at radius 1 is 1.43 bits per heavy atom. The first kappa shape index (κ1) is 16.8. The lowest BCUT2D eigenvalue weighted by Gasteiger charge is -2.33. The Morgan fingerprint density at radius 3 is 3.14 bits per heavy atom. The van der Waals surface area contributed by atoms with Crippen LogP contribution in [0, 0.1) is 6.92 Å². The van der Waals surface area contributed by atoms with Crippen LogP contribution in [0.2, 0.25) is 0 Å². The first-order chi connectivity index (χ1) is 13.6. The van der Waals surface area contributed by atoms with Gasteiger partial charge in [-0.25, -0.2) is 9.78 Å². The number of nitrogens with one attached hydrogen (secondary N) is 2. The van der Waals surface area contributed by atoms with Crippen molar-refractivity contribution in [1.82, 2.24) is 29.6 Å². The Morgan fingerprint density at radius 2 is 2.32 bits per heavy atom. The number of hydrogen-bond acceptors (Lipinski definition) is 5. The highest BCUT2D eigenvalue weighted by molar-refractivity contribution is 6.00. The molecule has 0 saturated carbocycles. The van der Waals surface area contributed by atoms with Crippen molar-refractivity contribution in [3.8, 4) is 0 Å². The van der Waals surface area contributed by atoms with Gasteiger partial charge in [0.05, 0.1) is 35.4 Å². The number of rotatable bonds is 3. The van der Waals surface area contributed by atoms with Crippen LogP contribution < -0.4 is 5.69 Å². The molecule has 1 aliphatic heterocycles. The molecule has 1 aliphatic rings. The van der Waals surface area contributed by atoms with Crippen LogP contribution in [-0.2, 0) is 11.2 Å². The van der Waals surface area contributed by atoms with Crippen molar-refractivity contribution in [1.29, 1.82) is 0 Å². The molecule has 0 bridgehead atoms. The molecular formula is C19H20N6O3. The van der Waals surface area contributed by atoms with Crippen molar-refractivity contribution < 1.29 is 9.32 Å². The molecule has 0 radical (unpaired) electrons. The van der Waals surface area contributed by atoms with Gasteiger partial charge >= 0.3 is 5.69 Å².